The minimum absolute atomic E-state index is 0.235. The zero-order valence-electron chi connectivity index (χ0n) is 15.1. The van der Waals surface area contributed by atoms with E-state index in [0.29, 0.717) is 12.5 Å². The van der Waals surface area contributed by atoms with E-state index in [0.717, 1.165) is 51.1 Å². The maximum absolute atomic E-state index is 12.4. The van der Waals surface area contributed by atoms with Crippen molar-refractivity contribution in [3.63, 3.8) is 0 Å². The van der Waals surface area contributed by atoms with Gasteiger partial charge in [0, 0.05) is 32.6 Å². The van der Waals surface area contributed by atoms with Gasteiger partial charge in [-0.1, -0.05) is 30.7 Å². The summed E-state index contributed by atoms with van der Waals surface area (Å²) in [6.45, 7) is 5.22. The molecule has 0 aromatic heterocycles. The third-order valence-electron chi connectivity index (χ3n) is 6.42. The van der Waals surface area contributed by atoms with Gasteiger partial charge < -0.3 is 10.1 Å². The van der Waals surface area contributed by atoms with Gasteiger partial charge in [-0.15, -0.1) is 0 Å². The molecule has 1 aliphatic heterocycles. The van der Waals surface area contributed by atoms with E-state index in [9.17, 15) is 4.79 Å². The van der Waals surface area contributed by atoms with Gasteiger partial charge in [-0.25, -0.2) is 0 Å². The van der Waals surface area contributed by atoms with Crippen molar-refractivity contribution in [1.82, 2.24) is 10.2 Å². The largest absolute Gasteiger partial charge is 0.379 e. The van der Waals surface area contributed by atoms with Crippen LogP contribution in [0, 0.1) is 17.8 Å². The third kappa shape index (κ3) is 4.24. The van der Waals surface area contributed by atoms with E-state index >= 15 is 0 Å². The lowest BCUT2D eigenvalue weighted by Gasteiger charge is -2.27. The summed E-state index contributed by atoms with van der Waals surface area (Å²) in [4.78, 5) is 14.8. The molecule has 4 nitrogen and oxygen atoms in total. The van der Waals surface area contributed by atoms with Crippen molar-refractivity contribution < 1.29 is 9.53 Å². The van der Waals surface area contributed by atoms with Crippen LogP contribution in [0.2, 0.25) is 0 Å². The molecule has 136 valence electrons. The Morgan fingerprint density at radius 2 is 1.92 bits per heavy atom. The predicted octanol–water partition coefficient (Wildman–Crippen LogP) is 2.96. The number of carbonyl (C=O) groups is 1. The fourth-order valence-electron chi connectivity index (χ4n) is 5.01. The van der Waals surface area contributed by atoms with E-state index in [1.165, 1.54) is 36.8 Å². The molecule has 2 saturated carbocycles. The van der Waals surface area contributed by atoms with Gasteiger partial charge in [-0.3, -0.25) is 9.69 Å². The Kier molecular flexibility index (Phi) is 5.37. The van der Waals surface area contributed by atoms with E-state index in [2.05, 4.69) is 34.5 Å². The molecule has 1 heterocycles. The molecule has 25 heavy (non-hydrogen) atoms. The van der Waals surface area contributed by atoms with Gasteiger partial charge in [-0.05, 0) is 48.1 Å². The first-order valence-corrected chi connectivity index (χ1v) is 9.91. The van der Waals surface area contributed by atoms with E-state index in [4.69, 9.17) is 4.74 Å². The molecule has 4 rings (SSSR count). The van der Waals surface area contributed by atoms with E-state index in [-0.39, 0.29) is 5.91 Å². The third-order valence-corrected chi connectivity index (χ3v) is 6.42. The van der Waals surface area contributed by atoms with Crippen molar-refractivity contribution >= 4 is 5.91 Å². The predicted molar refractivity (Wildman–Crippen MR) is 97.9 cm³/mol. The number of hydrogen-bond donors (Lipinski definition) is 1. The molecular weight excluding hydrogens is 312 g/mol. The number of nitrogens with zero attached hydrogens (tertiary/aromatic N) is 1. The van der Waals surface area contributed by atoms with E-state index in [1.807, 2.05) is 0 Å². The number of hydrogen-bond acceptors (Lipinski definition) is 3. The summed E-state index contributed by atoms with van der Waals surface area (Å²) in [5.41, 5.74) is 2.57. The second-order valence-corrected chi connectivity index (χ2v) is 8.07. The van der Waals surface area contributed by atoms with Crippen LogP contribution in [0.4, 0.5) is 0 Å². The lowest BCUT2D eigenvalue weighted by atomic mass is 9.86. The van der Waals surface area contributed by atoms with Crippen molar-refractivity contribution in [2.75, 3.05) is 26.3 Å². The fourth-order valence-corrected chi connectivity index (χ4v) is 5.01. The molecule has 2 bridgehead atoms. The van der Waals surface area contributed by atoms with Gasteiger partial charge in [0.05, 0.1) is 13.2 Å². The molecule has 3 aliphatic rings. The Morgan fingerprint density at radius 3 is 2.64 bits per heavy atom. The van der Waals surface area contributed by atoms with Crippen LogP contribution in [0.25, 0.3) is 0 Å². The molecule has 3 atom stereocenters. The highest BCUT2D eigenvalue weighted by Crippen LogP contribution is 2.49. The number of morpholine rings is 1. The zero-order valence-corrected chi connectivity index (χ0v) is 15.1. The molecule has 3 fully saturated rings. The Morgan fingerprint density at radius 1 is 1.12 bits per heavy atom. The summed E-state index contributed by atoms with van der Waals surface area (Å²) in [5.74, 6) is 2.61. The summed E-state index contributed by atoms with van der Waals surface area (Å²) in [5, 5.41) is 3.18. The molecule has 4 heteroatoms. The van der Waals surface area contributed by atoms with Crippen LogP contribution in [0.1, 0.15) is 43.2 Å². The van der Waals surface area contributed by atoms with E-state index in [1.54, 1.807) is 0 Å². The first-order chi connectivity index (χ1) is 12.3. The van der Waals surface area contributed by atoms with Crippen molar-refractivity contribution in [2.45, 2.75) is 45.2 Å². The Balaban J connectivity index is 1.29. The zero-order chi connectivity index (χ0) is 17.1. The molecule has 2 aliphatic carbocycles. The number of fused-ring (bicyclic) bond motifs is 2. The maximum atomic E-state index is 12.4. The van der Waals surface area contributed by atoms with Crippen LogP contribution in [0.5, 0.6) is 0 Å². The summed E-state index contributed by atoms with van der Waals surface area (Å²) in [7, 11) is 0. The summed E-state index contributed by atoms with van der Waals surface area (Å²) in [6.07, 6.45) is 6.14. The second-order valence-electron chi connectivity index (χ2n) is 8.07. The molecule has 0 radical (unpaired) electrons. The first-order valence-electron chi connectivity index (χ1n) is 9.91. The first kappa shape index (κ1) is 17.0. The van der Waals surface area contributed by atoms with Crippen molar-refractivity contribution in [1.29, 1.82) is 0 Å². The van der Waals surface area contributed by atoms with Crippen LogP contribution in [0.3, 0.4) is 0 Å². The Labute approximate surface area is 150 Å². The van der Waals surface area contributed by atoms with Crippen LogP contribution in [-0.2, 0) is 22.6 Å². The molecule has 0 unspecified atom stereocenters. The molecule has 0 spiro atoms. The summed E-state index contributed by atoms with van der Waals surface area (Å²) in [6, 6.07) is 8.50. The van der Waals surface area contributed by atoms with Gasteiger partial charge in [0.2, 0.25) is 5.91 Å². The summed E-state index contributed by atoms with van der Waals surface area (Å²) < 4.78 is 5.43. The second kappa shape index (κ2) is 7.88. The van der Waals surface area contributed by atoms with Gasteiger partial charge in [-0.2, -0.15) is 0 Å². The van der Waals surface area contributed by atoms with Crippen LogP contribution in [-0.4, -0.2) is 37.1 Å². The number of amides is 1. The standard InChI is InChI=1S/C21H30N2O2/c24-21(13-20-12-16-5-6-17(20)11-16)22-14-18-3-1-2-4-19(18)15-23-7-9-25-10-8-23/h1-4,16-17,20H,5-15H2,(H,22,24)/t16-,17-,20+/m1/s1. The van der Waals surface area contributed by atoms with Crippen molar-refractivity contribution in [2.24, 2.45) is 17.8 Å². The SMILES string of the molecule is O=C(C[C@@H]1C[C@@H]2CC[C@@H]1C2)NCc1ccccc1CN1CCOCC1. The van der Waals surface area contributed by atoms with Gasteiger partial charge in [0.25, 0.3) is 0 Å². The molecular formula is C21H30N2O2. The number of nitrogens with one attached hydrogen (secondary N) is 1. The number of ether oxygens (including phenoxy) is 1. The highest BCUT2D eigenvalue weighted by atomic mass is 16.5. The van der Waals surface area contributed by atoms with Crippen LogP contribution >= 0.6 is 0 Å². The minimum Gasteiger partial charge on any atom is -0.379 e. The van der Waals surface area contributed by atoms with Gasteiger partial charge in [0.15, 0.2) is 0 Å². The Bertz CT molecular complexity index is 597. The number of benzene rings is 1. The maximum Gasteiger partial charge on any atom is 0.220 e. The minimum atomic E-state index is 0.235. The van der Waals surface area contributed by atoms with Gasteiger partial charge in [0.1, 0.15) is 0 Å². The average molecular weight is 342 g/mol. The molecule has 1 amide bonds. The van der Waals surface area contributed by atoms with Gasteiger partial charge >= 0.3 is 0 Å². The smallest absolute Gasteiger partial charge is 0.220 e. The van der Waals surface area contributed by atoms with Crippen LogP contribution in [0.15, 0.2) is 24.3 Å². The molecule has 1 N–H and O–H groups in total. The van der Waals surface area contributed by atoms with Crippen LogP contribution < -0.4 is 5.32 Å². The Hall–Kier alpha value is -1.39. The molecule has 1 saturated heterocycles. The topological polar surface area (TPSA) is 41.6 Å². The lowest BCUT2D eigenvalue weighted by Crippen LogP contribution is -2.36. The summed E-state index contributed by atoms with van der Waals surface area (Å²) >= 11 is 0. The van der Waals surface area contributed by atoms with E-state index < -0.39 is 0 Å². The molecule has 1 aromatic carbocycles. The monoisotopic (exact) mass is 342 g/mol. The highest BCUT2D eigenvalue weighted by molar-refractivity contribution is 5.76. The number of carbonyl (C=O) groups excluding carboxylic acids is 1. The average Bonchev–Trinajstić information content (AvgIpc) is 3.25. The normalized spacial score (nSPS) is 29.0. The quantitative estimate of drug-likeness (QED) is 0.864. The van der Waals surface area contributed by atoms with Crippen molar-refractivity contribution in [3.05, 3.63) is 35.4 Å². The van der Waals surface area contributed by atoms with Crippen molar-refractivity contribution in [3.8, 4) is 0 Å². The number of rotatable bonds is 6. The molecule has 1 aromatic rings. The lowest BCUT2D eigenvalue weighted by molar-refractivity contribution is -0.122. The fraction of sp³-hybridized carbons (Fsp3) is 0.667. The highest BCUT2D eigenvalue weighted by Gasteiger charge is 2.40.